The van der Waals surface area contributed by atoms with Crippen molar-refractivity contribution < 1.29 is 14.5 Å². The third-order valence-electron chi connectivity index (χ3n) is 6.97. The van der Waals surface area contributed by atoms with Crippen LogP contribution in [0.5, 0.6) is 0 Å². The van der Waals surface area contributed by atoms with Crippen molar-refractivity contribution in [2.45, 2.75) is 31.2 Å². The highest BCUT2D eigenvalue weighted by Gasteiger charge is 2.54. The number of ether oxygens (including phenoxy) is 1. The maximum absolute atomic E-state index is 11.7. The molecule has 0 aromatic heterocycles. The van der Waals surface area contributed by atoms with Crippen molar-refractivity contribution in [1.82, 2.24) is 0 Å². The van der Waals surface area contributed by atoms with E-state index in [9.17, 15) is 14.9 Å². The van der Waals surface area contributed by atoms with Gasteiger partial charge < -0.3 is 10.1 Å². The van der Waals surface area contributed by atoms with Gasteiger partial charge in [-0.15, -0.1) is 0 Å². The fourth-order valence-corrected chi connectivity index (χ4v) is 5.86. The summed E-state index contributed by atoms with van der Waals surface area (Å²) in [5.41, 5.74) is 3.97. The van der Waals surface area contributed by atoms with E-state index in [4.69, 9.17) is 4.74 Å². The lowest BCUT2D eigenvalue weighted by atomic mass is 9.68. The van der Waals surface area contributed by atoms with Gasteiger partial charge in [-0.3, -0.25) is 10.1 Å². The number of anilines is 1. The van der Waals surface area contributed by atoms with Gasteiger partial charge in [-0.2, -0.15) is 0 Å². The molecule has 2 bridgehead atoms. The zero-order chi connectivity index (χ0) is 19.4. The standard InChI is InChI=1S/C22H22N2O4/c1-28-22(25)13-4-2-12(3-5-13)21-20-15-7-6-14(10-15)19(20)17-11-16(24(26)27)8-9-18(17)23-21/h2-5,8-9,11,14-15,19-21,23H,6-7,10H2,1H3/t14-,15-,19+,20-,21-/m0/s1. The molecule has 1 N–H and O–H groups in total. The average molecular weight is 378 g/mol. The van der Waals surface area contributed by atoms with Crippen molar-refractivity contribution in [3.63, 3.8) is 0 Å². The normalized spacial score (nSPS) is 29.5. The quantitative estimate of drug-likeness (QED) is 0.476. The third-order valence-corrected chi connectivity index (χ3v) is 6.97. The number of nitrogens with one attached hydrogen (secondary N) is 1. The summed E-state index contributed by atoms with van der Waals surface area (Å²) in [6.45, 7) is 0. The van der Waals surface area contributed by atoms with E-state index < -0.39 is 0 Å². The second-order valence-corrected chi connectivity index (χ2v) is 8.20. The van der Waals surface area contributed by atoms with Crippen LogP contribution in [0, 0.1) is 27.9 Å². The van der Waals surface area contributed by atoms with Crippen molar-refractivity contribution in [2.75, 3.05) is 12.4 Å². The number of esters is 1. The van der Waals surface area contributed by atoms with Crippen LogP contribution in [-0.2, 0) is 4.74 Å². The molecule has 2 aliphatic carbocycles. The summed E-state index contributed by atoms with van der Waals surface area (Å²) in [4.78, 5) is 22.7. The van der Waals surface area contributed by atoms with Gasteiger partial charge in [-0.1, -0.05) is 12.1 Å². The van der Waals surface area contributed by atoms with Crippen molar-refractivity contribution in [3.05, 3.63) is 69.3 Å². The molecule has 6 nitrogen and oxygen atoms in total. The van der Waals surface area contributed by atoms with E-state index in [1.165, 1.54) is 26.4 Å². The van der Waals surface area contributed by atoms with Crippen LogP contribution in [0.3, 0.4) is 0 Å². The monoisotopic (exact) mass is 378 g/mol. The van der Waals surface area contributed by atoms with Gasteiger partial charge in [-0.25, -0.2) is 4.79 Å². The van der Waals surface area contributed by atoms with Crippen molar-refractivity contribution in [2.24, 2.45) is 17.8 Å². The summed E-state index contributed by atoms with van der Waals surface area (Å²) in [5, 5.41) is 14.9. The number of rotatable bonds is 3. The number of carbonyl (C=O) groups is 1. The number of non-ortho nitro benzene ring substituents is 1. The number of hydrogen-bond donors (Lipinski definition) is 1. The molecule has 0 unspecified atom stereocenters. The van der Waals surface area contributed by atoms with E-state index in [-0.39, 0.29) is 22.6 Å². The topological polar surface area (TPSA) is 81.5 Å². The fraction of sp³-hybridized carbons (Fsp3) is 0.409. The Labute approximate surface area is 163 Å². The zero-order valence-electron chi connectivity index (χ0n) is 15.6. The molecule has 28 heavy (non-hydrogen) atoms. The van der Waals surface area contributed by atoms with Gasteiger partial charge in [0.15, 0.2) is 0 Å². The molecule has 0 amide bonds. The van der Waals surface area contributed by atoms with Crippen LogP contribution in [0.1, 0.15) is 52.7 Å². The van der Waals surface area contributed by atoms with Crippen LogP contribution in [0.2, 0.25) is 0 Å². The van der Waals surface area contributed by atoms with E-state index in [2.05, 4.69) is 5.32 Å². The summed E-state index contributed by atoms with van der Waals surface area (Å²) in [7, 11) is 1.38. The van der Waals surface area contributed by atoms with Gasteiger partial charge in [-0.05, 0) is 72.3 Å². The van der Waals surface area contributed by atoms with Crippen molar-refractivity contribution >= 4 is 17.3 Å². The number of hydrogen-bond acceptors (Lipinski definition) is 5. The Hall–Kier alpha value is -2.89. The number of benzene rings is 2. The highest BCUT2D eigenvalue weighted by atomic mass is 16.6. The molecule has 2 saturated carbocycles. The second-order valence-electron chi connectivity index (χ2n) is 8.20. The van der Waals surface area contributed by atoms with Crippen LogP contribution >= 0.6 is 0 Å². The highest BCUT2D eigenvalue weighted by molar-refractivity contribution is 5.89. The van der Waals surface area contributed by atoms with Gasteiger partial charge >= 0.3 is 5.97 Å². The van der Waals surface area contributed by atoms with Gasteiger partial charge in [0.1, 0.15) is 0 Å². The van der Waals surface area contributed by atoms with Gasteiger partial charge in [0.05, 0.1) is 23.6 Å². The van der Waals surface area contributed by atoms with Crippen LogP contribution in [-0.4, -0.2) is 18.0 Å². The predicted octanol–water partition coefficient (Wildman–Crippen LogP) is 4.68. The molecular weight excluding hydrogens is 356 g/mol. The molecule has 3 aliphatic rings. The molecule has 1 heterocycles. The maximum atomic E-state index is 11.7. The highest BCUT2D eigenvalue weighted by Crippen LogP contribution is 2.63. The summed E-state index contributed by atoms with van der Waals surface area (Å²) >= 11 is 0. The number of nitrogens with zero attached hydrogens (tertiary/aromatic N) is 1. The van der Waals surface area contributed by atoms with E-state index in [1.54, 1.807) is 12.1 Å². The number of nitro groups is 1. The molecule has 2 fully saturated rings. The van der Waals surface area contributed by atoms with Crippen LogP contribution in [0.15, 0.2) is 42.5 Å². The first-order chi connectivity index (χ1) is 13.6. The molecule has 2 aromatic rings. The number of methoxy groups -OCH3 is 1. The molecule has 0 spiro atoms. The Balaban J connectivity index is 1.55. The lowest BCUT2D eigenvalue weighted by molar-refractivity contribution is -0.384. The molecule has 0 saturated heterocycles. The van der Waals surface area contributed by atoms with E-state index in [1.807, 2.05) is 30.3 Å². The first-order valence-corrected chi connectivity index (χ1v) is 9.80. The Morgan fingerprint density at radius 1 is 1.14 bits per heavy atom. The summed E-state index contributed by atoms with van der Waals surface area (Å²) < 4.78 is 4.80. The molecule has 5 rings (SSSR count). The molecule has 1 aliphatic heterocycles. The fourth-order valence-electron chi connectivity index (χ4n) is 5.86. The largest absolute Gasteiger partial charge is 0.465 e. The van der Waals surface area contributed by atoms with E-state index in [0.717, 1.165) is 16.8 Å². The second kappa shape index (κ2) is 6.33. The summed E-state index contributed by atoms with van der Waals surface area (Å²) in [6, 6.07) is 13.0. The number of nitro benzene ring substituents is 1. The molecule has 5 atom stereocenters. The van der Waals surface area contributed by atoms with Crippen LogP contribution in [0.25, 0.3) is 0 Å². The Morgan fingerprint density at radius 3 is 2.61 bits per heavy atom. The van der Waals surface area contributed by atoms with Crippen molar-refractivity contribution in [1.29, 1.82) is 0 Å². The lowest BCUT2D eigenvalue weighted by Gasteiger charge is -2.43. The summed E-state index contributed by atoms with van der Waals surface area (Å²) in [6.07, 6.45) is 3.65. The lowest BCUT2D eigenvalue weighted by Crippen LogP contribution is -2.35. The summed E-state index contributed by atoms with van der Waals surface area (Å²) in [5.74, 6) is 1.70. The maximum Gasteiger partial charge on any atom is 0.337 e. The SMILES string of the molecule is COC(=O)c1ccc([C@@H]2Nc3ccc([N+](=O)[O-])cc3[C@H]3[C@H]4CC[C@@H](C4)[C@@H]32)cc1. The molecule has 2 aromatic carbocycles. The Kier molecular flexibility index (Phi) is 3.89. The minimum absolute atomic E-state index is 0.154. The number of fused-ring (bicyclic) bond motifs is 7. The zero-order valence-corrected chi connectivity index (χ0v) is 15.6. The molecule has 0 radical (unpaired) electrons. The minimum atomic E-state index is -0.335. The molecule has 6 heteroatoms. The Morgan fingerprint density at radius 2 is 1.89 bits per heavy atom. The van der Waals surface area contributed by atoms with E-state index in [0.29, 0.717) is 29.2 Å². The van der Waals surface area contributed by atoms with Gasteiger partial charge in [0, 0.05) is 17.8 Å². The van der Waals surface area contributed by atoms with Crippen molar-refractivity contribution in [3.8, 4) is 0 Å². The average Bonchev–Trinajstić information content (AvgIpc) is 3.35. The predicted molar refractivity (Wildman–Crippen MR) is 104 cm³/mol. The van der Waals surface area contributed by atoms with Gasteiger partial charge in [0.25, 0.3) is 5.69 Å². The van der Waals surface area contributed by atoms with Gasteiger partial charge in [0.2, 0.25) is 0 Å². The van der Waals surface area contributed by atoms with Crippen LogP contribution < -0.4 is 5.32 Å². The molecular formula is C22H22N2O4. The molecule has 144 valence electrons. The van der Waals surface area contributed by atoms with E-state index >= 15 is 0 Å². The minimum Gasteiger partial charge on any atom is -0.465 e. The number of carbonyl (C=O) groups excluding carboxylic acids is 1. The Bertz CT molecular complexity index is 956. The van der Waals surface area contributed by atoms with Crippen LogP contribution in [0.4, 0.5) is 11.4 Å². The first-order valence-electron chi connectivity index (χ1n) is 9.80. The smallest absolute Gasteiger partial charge is 0.337 e. The third kappa shape index (κ3) is 2.51. The first kappa shape index (κ1) is 17.2.